The van der Waals surface area contributed by atoms with Crippen LogP contribution in [0.1, 0.15) is 29.9 Å². The number of H-pyrrole nitrogens is 1. The highest BCUT2D eigenvalue weighted by atomic mass is 16.6. The number of carbonyl (C=O) groups is 1. The number of nitro groups is 1. The number of nitrogens with zero attached hydrogens (tertiary/aromatic N) is 3. The zero-order valence-corrected chi connectivity index (χ0v) is 15.9. The van der Waals surface area contributed by atoms with Crippen LogP contribution in [0.15, 0.2) is 59.7 Å². The molecule has 9 nitrogen and oxygen atoms in total. The Morgan fingerprint density at radius 2 is 2.00 bits per heavy atom. The minimum absolute atomic E-state index is 0.0102. The smallest absolute Gasteiger partial charge is 0.289 e. The van der Waals surface area contributed by atoms with Crippen molar-refractivity contribution in [3.05, 3.63) is 76.0 Å². The number of amides is 1. The summed E-state index contributed by atoms with van der Waals surface area (Å²) in [6.07, 6.45) is 0. The first-order valence-corrected chi connectivity index (χ1v) is 8.86. The number of nitro benzene ring substituents is 1. The van der Waals surface area contributed by atoms with Gasteiger partial charge in [0, 0.05) is 17.7 Å². The van der Waals surface area contributed by atoms with Crippen molar-refractivity contribution >= 4 is 17.3 Å². The van der Waals surface area contributed by atoms with Gasteiger partial charge in [-0.05, 0) is 49.7 Å². The van der Waals surface area contributed by atoms with E-state index < -0.39 is 10.8 Å². The Bertz CT molecular complexity index is 1060. The topological polar surface area (TPSA) is 123 Å². The molecule has 3 aromatic rings. The van der Waals surface area contributed by atoms with Gasteiger partial charge in [0.05, 0.1) is 22.9 Å². The highest BCUT2D eigenvalue weighted by molar-refractivity contribution is 6.00. The van der Waals surface area contributed by atoms with Crippen molar-refractivity contribution < 1.29 is 14.5 Å². The van der Waals surface area contributed by atoms with Crippen LogP contribution in [0.3, 0.4) is 0 Å². The summed E-state index contributed by atoms with van der Waals surface area (Å²) in [5.41, 5.74) is 5.29. The first kappa shape index (κ1) is 19.7. The number of rotatable bonds is 7. The predicted molar refractivity (Wildman–Crippen MR) is 108 cm³/mol. The zero-order valence-electron chi connectivity index (χ0n) is 15.9. The van der Waals surface area contributed by atoms with Gasteiger partial charge in [0.15, 0.2) is 0 Å². The van der Waals surface area contributed by atoms with Crippen LogP contribution in [0.2, 0.25) is 0 Å². The van der Waals surface area contributed by atoms with Gasteiger partial charge in [-0.25, -0.2) is 5.43 Å². The van der Waals surface area contributed by atoms with Crippen molar-refractivity contribution in [1.29, 1.82) is 0 Å². The summed E-state index contributed by atoms with van der Waals surface area (Å²) in [6, 6.07) is 15.0. The van der Waals surface area contributed by atoms with Gasteiger partial charge in [-0.2, -0.15) is 10.2 Å². The summed E-state index contributed by atoms with van der Waals surface area (Å²) in [7, 11) is 0. The lowest BCUT2D eigenvalue weighted by atomic mass is 10.1. The van der Waals surface area contributed by atoms with E-state index in [1.165, 1.54) is 12.1 Å². The summed E-state index contributed by atoms with van der Waals surface area (Å²) in [5.74, 6) is 0.272. The van der Waals surface area contributed by atoms with E-state index in [0.29, 0.717) is 23.6 Å². The number of ether oxygens (including phenoxy) is 1. The molecule has 2 N–H and O–H groups in total. The standard InChI is InChI=1S/C20H19N5O4/c1-3-29-17-6-4-5-15(11-17)18-12-19(23-22-18)20(26)24-21-13(2)14-7-9-16(10-8-14)25(27)28/h4-12H,3H2,1-2H3,(H,22,23)(H,24,26)/b21-13-. The highest BCUT2D eigenvalue weighted by Gasteiger charge is 2.12. The number of aromatic nitrogens is 2. The van der Waals surface area contributed by atoms with Crippen LogP contribution in [0.4, 0.5) is 5.69 Å². The summed E-state index contributed by atoms with van der Waals surface area (Å²) in [4.78, 5) is 22.6. The fraction of sp³-hybridized carbons (Fsp3) is 0.150. The third-order valence-electron chi connectivity index (χ3n) is 4.08. The fourth-order valence-corrected chi connectivity index (χ4v) is 2.58. The maximum absolute atomic E-state index is 12.3. The average molecular weight is 393 g/mol. The molecule has 0 radical (unpaired) electrons. The van der Waals surface area contributed by atoms with Gasteiger partial charge < -0.3 is 4.74 Å². The summed E-state index contributed by atoms with van der Waals surface area (Å²) < 4.78 is 5.48. The first-order valence-electron chi connectivity index (χ1n) is 8.86. The van der Waals surface area contributed by atoms with Crippen molar-refractivity contribution in [2.45, 2.75) is 13.8 Å². The molecule has 1 heterocycles. The SMILES string of the molecule is CCOc1cccc(-c2cc(C(=O)N/N=C(/C)c3ccc([N+](=O)[O-])cc3)[nH]n2)c1. The molecule has 0 aliphatic carbocycles. The van der Waals surface area contributed by atoms with E-state index in [1.54, 1.807) is 25.1 Å². The van der Waals surface area contributed by atoms with E-state index in [0.717, 1.165) is 11.3 Å². The molecule has 0 saturated carbocycles. The second-order valence-corrected chi connectivity index (χ2v) is 6.07. The molecule has 0 unspecified atom stereocenters. The second-order valence-electron chi connectivity index (χ2n) is 6.07. The normalized spacial score (nSPS) is 11.2. The molecule has 2 aromatic carbocycles. The fourth-order valence-electron chi connectivity index (χ4n) is 2.58. The van der Waals surface area contributed by atoms with Crippen LogP contribution in [-0.2, 0) is 0 Å². The Morgan fingerprint density at radius 3 is 2.69 bits per heavy atom. The molecule has 0 spiro atoms. The van der Waals surface area contributed by atoms with Crippen LogP contribution in [0, 0.1) is 10.1 Å². The lowest BCUT2D eigenvalue weighted by Crippen LogP contribution is -2.19. The Balaban J connectivity index is 1.69. The molecule has 0 fully saturated rings. The number of benzene rings is 2. The molecule has 1 amide bonds. The molecule has 9 heteroatoms. The largest absolute Gasteiger partial charge is 0.494 e. The van der Waals surface area contributed by atoms with E-state index in [2.05, 4.69) is 20.7 Å². The minimum Gasteiger partial charge on any atom is -0.494 e. The van der Waals surface area contributed by atoms with Crippen LogP contribution in [0.25, 0.3) is 11.3 Å². The van der Waals surface area contributed by atoms with E-state index in [1.807, 2.05) is 31.2 Å². The Morgan fingerprint density at radius 1 is 1.24 bits per heavy atom. The number of non-ortho nitro benzene ring substituents is 1. The number of carbonyl (C=O) groups excluding carboxylic acids is 1. The third kappa shape index (κ3) is 4.83. The van der Waals surface area contributed by atoms with E-state index in [9.17, 15) is 14.9 Å². The van der Waals surface area contributed by atoms with Crippen molar-refractivity contribution in [2.24, 2.45) is 5.10 Å². The van der Waals surface area contributed by atoms with Crippen LogP contribution in [-0.4, -0.2) is 33.3 Å². The van der Waals surface area contributed by atoms with Crippen LogP contribution in [0.5, 0.6) is 5.75 Å². The number of aromatic amines is 1. The second kappa shape index (κ2) is 8.79. The molecular formula is C20H19N5O4. The van der Waals surface area contributed by atoms with Crippen LogP contribution < -0.4 is 10.2 Å². The Labute approximate surface area is 166 Å². The van der Waals surface area contributed by atoms with Gasteiger partial charge in [0.1, 0.15) is 11.4 Å². The molecule has 0 aliphatic heterocycles. The van der Waals surface area contributed by atoms with Gasteiger partial charge in [-0.1, -0.05) is 12.1 Å². The Hall–Kier alpha value is -4.01. The molecule has 1 aromatic heterocycles. The lowest BCUT2D eigenvalue weighted by Gasteiger charge is -2.03. The Kier molecular flexibility index (Phi) is 5.98. The summed E-state index contributed by atoms with van der Waals surface area (Å²) in [5, 5.41) is 21.6. The van der Waals surface area contributed by atoms with E-state index in [4.69, 9.17) is 4.74 Å². The molecule has 148 valence electrons. The third-order valence-corrected chi connectivity index (χ3v) is 4.08. The molecule has 0 bridgehead atoms. The van der Waals surface area contributed by atoms with Crippen molar-refractivity contribution in [3.8, 4) is 17.0 Å². The van der Waals surface area contributed by atoms with Gasteiger partial charge in [-0.3, -0.25) is 20.0 Å². The molecule has 3 rings (SSSR count). The minimum atomic E-state index is -0.474. The summed E-state index contributed by atoms with van der Waals surface area (Å²) >= 11 is 0. The lowest BCUT2D eigenvalue weighted by molar-refractivity contribution is -0.384. The highest BCUT2D eigenvalue weighted by Crippen LogP contribution is 2.22. The average Bonchev–Trinajstić information content (AvgIpc) is 3.23. The number of hydrazone groups is 1. The molecular weight excluding hydrogens is 374 g/mol. The van der Waals surface area contributed by atoms with Gasteiger partial charge in [0.25, 0.3) is 11.6 Å². The molecule has 0 saturated heterocycles. The maximum Gasteiger partial charge on any atom is 0.289 e. The van der Waals surface area contributed by atoms with Crippen molar-refractivity contribution in [2.75, 3.05) is 6.61 Å². The maximum atomic E-state index is 12.3. The first-order chi connectivity index (χ1) is 14.0. The quantitative estimate of drug-likeness (QED) is 0.361. The van der Waals surface area contributed by atoms with Gasteiger partial charge in [-0.15, -0.1) is 0 Å². The van der Waals surface area contributed by atoms with Gasteiger partial charge >= 0.3 is 0 Å². The number of nitrogens with one attached hydrogen (secondary N) is 2. The zero-order chi connectivity index (χ0) is 20.8. The molecule has 0 aliphatic rings. The monoisotopic (exact) mass is 393 g/mol. The predicted octanol–water partition coefficient (Wildman–Crippen LogP) is 3.54. The summed E-state index contributed by atoms with van der Waals surface area (Å²) in [6.45, 7) is 4.16. The van der Waals surface area contributed by atoms with Crippen molar-refractivity contribution in [3.63, 3.8) is 0 Å². The molecule has 0 atom stereocenters. The van der Waals surface area contributed by atoms with Crippen molar-refractivity contribution in [1.82, 2.24) is 15.6 Å². The number of hydrogen-bond acceptors (Lipinski definition) is 6. The van der Waals surface area contributed by atoms with Gasteiger partial charge in [0.2, 0.25) is 0 Å². The van der Waals surface area contributed by atoms with Crippen LogP contribution >= 0.6 is 0 Å². The molecule has 29 heavy (non-hydrogen) atoms. The number of hydrogen-bond donors (Lipinski definition) is 2. The van der Waals surface area contributed by atoms with E-state index in [-0.39, 0.29) is 11.4 Å². The van der Waals surface area contributed by atoms with E-state index >= 15 is 0 Å².